The van der Waals surface area contributed by atoms with Gasteiger partial charge in [0, 0.05) is 53.5 Å². The van der Waals surface area contributed by atoms with Gasteiger partial charge in [-0.1, -0.05) is 103 Å². The van der Waals surface area contributed by atoms with Crippen LogP contribution in [0.15, 0.2) is 133 Å². The highest BCUT2D eigenvalue weighted by molar-refractivity contribution is 5.97. The first kappa shape index (κ1) is 46.2. The number of ether oxygens (including phenoxy) is 1. The van der Waals surface area contributed by atoms with Gasteiger partial charge in [0.1, 0.15) is 5.82 Å². The minimum atomic E-state index is -0.456. The predicted molar refractivity (Wildman–Crippen MR) is 246 cm³/mol. The lowest BCUT2D eigenvalue weighted by Gasteiger charge is -2.15. The summed E-state index contributed by atoms with van der Waals surface area (Å²) in [5.74, 6) is -0.838. The van der Waals surface area contributed by atoms with E-state index in [0.717, 1.165) is 57.2 Å². The van der Waals surface area contributed by atoms with E-state index < -0.39 is 6.04 Å². The Hall–Kier alpha value is -6.83. The SMILES string of the molecule is CCCNCc1cn(Cc2ccc(F)cc2)c2ccc(NC(=O)CNC(=O)C(CCCN=C(N)N)NC)cc12.Cc1ccccc1.O=COC1c2ccccc2-c2ccccc21. The van der Waals surface area contributed by atoms with E-state index in [1.165, 1.54) is 17.7 Å². The number of hydrogen-bond acceptors (Lipinski definition) is 7. The number of anilines is 1. The molecular weight excluding hydrogens is 784 g/mol. The molecule has 1 aromatic heterocycles. The molecule has 0 fully saturated rings. The number of aliphatic imine (C=N–C) groups is 1. The molecule has 0 spiro atoms. The van der Waals surface area contributed by atoms with E-state index in [0.29, 0.717) is 44.6 Å². The number of benzene rings is 5. The van der Waals surface area contributed by atoms with Crippen molar-refractivity contribution in [3.8, 4) is 11.1 Å². The lowest BCUT2D eigenvalue weighted by Crippen LogP contribution is -2.45. The summed E-state index contributed by atoms with van der Waals surface area (Å²) in [7, 11) is 1.69. The molecule has 13 heteroatoms. The number of nitrogens with two attached hydrogens (primary N) is 2. The molecule has 0 aliphatic heterocycles. The van der Waals surface area contributed by atoms with Crippen molar-refractivity contribution in [2.24, 2.45) is 16.5 Å². The van der Waals surface area contributed by atoms with Crippen molar-refractivity contribution < 1.29 is 23.5 Å². The maximum Gasteiger partial charge on any atom is 0.294 e. The summed E-state index contributed by atoms with van der Waals surface area (Å²) in [6.07, 6.45) is 4.02. The van der Waals surface area contributed by atoms with Gasteiger partial charge in [-0.25, -0.2) is 4.39 Å². The van der Waals surface area contributed by atoms with Crippen LogP contribution in [0.3, 0.4) is 0 Å². The van der Waals surface area contributed by atoms with Crippen LogP contribution in [-0.2, 0) is 32.2 Å². The topological polar surface area (TPSA) is 178 Å². The van der Waals surface area contributed by atoms with Crippen LogP contribution < -0.4 is 32.7 Å². The van der Waals surface area contributed by atoms with E-state index in [-0.39, 0.29) is 36.2 Å². The van der Waals surface area contributed by atoms with Gasteiger partial charge >= 0.3 is 0 Å². The van der Waals surface area contributed by atoms with Gasteiger partial charge in [-0.2, -0.15) is 0 Å². The number of hydrogen-bond donors (Lipinski definition) is 6. The number of nitrogens with one attached hydrogen (secondary N) is 4. The molecule has 1 unspecified atom stereocenters. The number of carbonyl (C=O) groups is 3. The molecule has 12 nitrogen and oxygen atoms in total. The highest BCUT2D eigenvalue weighted by atomic mass is 19.1. The van der Waals surface area contributed by atoms with Crippen LogP contribution in [0.1, 0.15) is 60.1 Å². The first-order chi connectivity index (χ1) is 30.1. The third-order valence-electron chi connectivity index (χ3n) is 10.2. The van der Waals surface area contributed by atoms with Crippen LogP contribution in [0, 0.1) is 12.7 Å². The minimum Gasteiger partial charge on any atom is -0.455 e. The summed E-state index contributed by atoms with van der Waals surface area (Å²) in [5, 5.41) is 13.0. The molecule has 1 atom stereocenters. The van der Waals surface area contributed by atoms with Crippen LogP contribution in [0.25, 0.3) is 22.0 Å². The molecule has 0 saturated carbocycles. The van der Waals surface area contributed by atoms with Gasteiger partial charge < -0.3 is 42.0 Å². The number of rotatable bonds is 17. The first-order valence-corrected chi connectivity index (χ1v) is 20.8. The number of aryl methyl sites for hydroxylation is 1. The smallest absolute Gasteiger partial charge is 0.294 e. The Balaban J connectivity index is 0.000000253. The molecule has 1 aliphatic carbocycles. The lowest BCUT2D eigenvalue weighted by atomic mass is 10.1. The highest BCUT2D eigenvalue weighted by Gasteiger charge is 2.29. The predicted octanol–water partition coefficient (Wildman–Crippen LogP) is 6.95. The molecule has 0 saturated heterocycles. The van der Waals surface area contributed by atoms with Gasteiger partial charge in [0.15, 0.2) is 12.1 Å². The van der Waals surface area contributed by atoms with E-state index in [9.17, 15) is 18.8 Å². The fourth-order valence-electron chi connectivity index (χ4n) is 7.16. The fourth-order valence-corrected chi connectivity index (χ4v) is 7.16. The summed E-state index contributed by atoms with van der Waals surface area (Å²) < 4.78 is 20.7. The Kier molecular flexibility index (Phi) is 17.8. The van der Waals surface area contributed by atoms with Crippen molar-refractivity contribution in [1.82, 2.24) is 20.5 Å². The number of fused-ring (bicyclic) bond motifs is 4. The van der Waals surface area contributed by atoms with Crippen molar-refractivity contribution >= 4 is 40.8 Å². The highest BCUT2D eigenvalue weighted by Crippen LogP contribution is 2.44. The normalized spacial score (nSPS) is 11.7. The molecule has 324 valence electrons. The number of amides is 2. The van der Waals surface area contributed by atoms with Crippen molar-refractivity contribution in [3.63, 3.8) is 0 Å². The largest absolute Gasteiger partial charge is 0.455 e. The number of likely N-dealkylation sites (N-methyl/N-ethyl adjacent to an activating group) is 1. The molecule has 0 radical (unpaired) electrons. The van der Waals surface area contributed by atoms with Crippen molar-refractivity contribution in [1.29, 1.82) is 0 Å². The van der Waals surface area contributed by atoms with Crippen LogP contribution in [0.2, 0.25) is 0 Å². The summed E-state index contributed by atoms with van der Waals surface area (Å²) in [4.78, 5) is 39.6. The summed E-state index contributed by atoms with van der Waals surface area (Å²) in [6, 6.07) is 38.1. The zero-order valence-electron chi connectivity index (χ0n) is 35.6. The zero-order chi connectivity index (χ0) is 44.3. The minimum absolute atomic E-state index is 0.0177. The van der Waals surface area contributed by atoms with E-state index in [4.69, 9.17) is 16.2 Å². The fraction of sp³-hybridized carbons (Fsp3) is 0.265. The van der Waals surface area contributed by atoms with Crippen LogP contribution in [0.4, 0.5) is 10.1 Å². The monoisotopic (exact) mass is 840 g/mol. The first-order valence-electron chi connectivity index (χ1n) is 20.8. The summed E-state index contributed by atoms with van der Waals surface area (Å²) >= 11 is 0. The van der Waals surface area contributed by atoms with Gasteiger partial charge in [0.05, 0.1) is 12.6 Å². The van der Waals surface area contributed by atoms with E-state index in [2.05, 4.69) is 75.1 Å². The number of halogens is 1. The van der Waals surface area contributed by atoms with Gasteiger partial charge in [-0.05, 0) is 92.4 Å². The molecule has 62 heavy (non-hydrogen) atoms. The molecule has 0 bridgehead atoms. The Morgan fingerprint density at radius 3 is 2.16 bits per heavy atom. The van der Waals surface area contributed by atoms with Crippen LogP contribution in [-0.4, -0.2) is 61.5 Å². The van der Waals surface area contributed by atoms with Crippen LogP contribution in [0.5, 0.6) is 0 Å². The Bertz CT molecular complexity index is 2350. The van der Waals surface area contributed by atoms with Crippen molar-refractivity contribution in [2.75, 3.05) is 32.0 Å². The van der Waals surface area contributed by atoms with Crippen molar-refractivity contribution in [2.45, 2.75) is 58.3 Å². The Labute approximate surface area is 363 Å². The van der Waals surface area contributed by atoms with E-state index in [1.54, 1.807) is 19.2 Å². The second-order valence-electron chi connectivity index (χ2n) is 14.8. The Morgan fingerprint density at radius 1 is 0.903 bits per heavy atom. The van der Waals surface area contributed by atoms with Crippen molar-refractivity contribution in [3.05, 3.63) is 161 Å². The van der Waals surface area contributed by atoms with Gasteiger partial charge in [-0.15, -0.1) is 0 Å². The molecule has 1 heterocycles. The molecule has 2 amide bonds. The zero-order valence-corrected chi connectivity index (χ0v) is 35.6. The van der Waals surface area contributed by atoms with Gasteiger partial charge in [-0.3, -0.25) is 19.4 Å². The molecular formula is C49H57FN8O4. The Morgan fingerprint density at radius 2 is 1.56 bits per heavy atom. The average Bonchev–Trinajstić information content (AvgIpc) is 3.78. The molecule has 6 aromatic rings. The maximum absolute atomic E-state index is 13.4. The quantitative estimate of drug-likeness (QED) is 0.0247. The number of nitrogens with zero attached hydrogens (tertiary/aromatic N) is 2. The average molecular weight is 841 g/mol. The number of aromatic nitrogens is 1. The molecule has 8 N–H and O–H groups in total. The third kappa shape index (κ3) is 13.3. The molecule has 5 aromatic carbocycles. The third-order valence-corrected chi connectivity index (χ3v) is 10.2. The van der Waals surface area contributed by atoms with Gasteiger partial charge in [0.2, 0.25) is 11.8 Å². The summed E-state index contributed by atoms with van der Waals surface area (Å²) in [6.45, 7) is 7.16. The second kappa shape index (κ2) is 23.8. The maximum atomic E-state index is 13.4. The number of guanidine groups is 1. The summed E-state index contributed by atoms with van der Waals surface area (Å²) in [5.41, 5.74) is 20.2. The molecule has 7 rings (SSSR count). The van der Waals surface area contributed by atoms with E-state index in [1.807, 2.05) is 72.8 Å². The van der Waals surface area contributed by atoms with Crippen LogP contribution >= 0.6 is 0 Å². The lowest BCUT2D eigenvalue weighted by molar-refractivity contribution is -0.132. The second-order valence-corrected chi connectivity index (χ2v) is 14.8. The van der Waals surface area contributed by atoms with Gasteiger partial charge in [0.25, 0.3) is 6.47 Å². The number of carbonyl (C=O) groups excluding carboxylic acids is 3. The van der Waals surface area contributed by atoms with E-state index >= 15 is 0 Å². The standard InChI is InChI=1S/C28H39FN8O2.C14H10O2.C7H8/c1-3-12-33-15-20-18-37(17-19-6-8-21(29)9-7-19)25-11-10-22(14-23(20)25)36-26(38)16-35-27(39)24(32-2)5-4-13-34-28(30)31;15-9-16-14-12-7-3-1-5-10(12)11-6-2-4-8-13(11)14;1-7-5-3-2-4-6-7/h6-11,14,18,24,32-33H,3-5,12-13,15-17H2,1-2H3,(H,35,39)(H,36,38)(H4,30,31,34);1-9,14H;2-6H,1H3. The molecule has 1 aliphatic rings.